The van der Waals surface area contributed by atoms with Crippen molar-refractivity contribution in [3.05, 3.63) is 27.4 Å². The van der Waals surface area contributed by atoms with Crippen LogP contribution in [0, 0.1) is 0 Å². The Morgan fingerprint density at radius 3 is 2.86 bits per heavy atom. The maximum Gasteiger partial charge on any atom is 0.396 e. The van der Waals surface area contributed by atoms with Crippen LogP contribution in [0.15, 0.2) is 21.3 Å². The van der Waals surface area contributed by atoms with Gasteiger partial charge in [0.2, 0.25) is 0 Å². The van der Waals surface area contributed by atoms with E-state index in [0.29, 0.717) is 15.8 Å². The molecular weight excluding hydrogens is 204 g/mol. The van der Waals surface area contributed by atoms with Crippen molar-refractivity contribution in [2.45, 2.75) is 13.0 Å². The number of hydrogen-bond acceptors (Lipinski definition) is 5. The fourth-order valence-electron chi connectivity index (χ4n) is 1.26. The third-order valence-corrected chi connectivity index (χ3v) is 2.72. The lowest BCUT2D eigenvalue weighted by Gasteiger charge is -2.05. The molecule has 0 spiro atoms. The van der Waals surface area contributed by atoms with E-state index >= 15 is 0 Å². The summed E-state index contributed by atoms with van der Waals surface area (Å²) in [5.41, 5.74) is 0.757. The minimum atomic E-state index is -0.787. The highest BCUT2D eigenvalue weighted by Crippen LogP contribution is 2.30. The Labute approximate surface area is 83.0 Å². The van der Waals surface area contributed by atoms with Gasteiger partial charge in [-0.15, -0.1) is 0 Å². The molecule has 0 fully saturated rings. The first kappa shape index (κ1) is 9.23. The molecule has 0 radical (unpaired) electrons. The molecule has 2 rings (SSSR count). The molecule has 2 aromatic rings. The highest BCUT2D eigenvalue weighted by Gasteiger charge is 2.11. The molecule has 1 atom stereocenters. The fraction of sp³-hybridized carbons (Fsp3) is 0.222. The van der Waals surface area contributed by atoms with Gasteiger partial charge in [0.05, 0.1) is 10.8 Å². The SMILES string of the molecule is CC(O)c1cc2oc(=O)sc2cc1O. The van der Waals surface area contributed by atoms with Crippen LogP contribution in [0.5, 0.6) is 5.75 Å². The Morgan fingerprint density at radius 1 is 1.50 bits per heavy atom. The average Bonchev–Trinajstić information content (AvgIpc) is 2.42. The molecular formula is C9H8O4S. The van der Waals surface area contributed by atoms with Crippen LogP contribution < -0.4 is 4.94 Å². The summed E-state index contributed by atoms with van der Waals surface area (Å²) in [5, 5.41) is 18.8. The molecule has 0 saturated carbocycles. The zero-order valence-corrected chi connectivity index (χ0v) is 8.17. The van der Waals surface area contributed by atoms with Crippen molar-refractivity contribution >= 4 is 21.6 Å². The highest BCUT2D eigenvalue weighted by atomic mass is 32.1. The Hall–Kier alpha value is -1.33. The Kier molecular flexibility index (Phi) is 2.05. The molecule has 1 heterocycles. The molecule has 0 saturated heterocycles. The van der Waals surface area contributed by atoms with E-state index < -0.39 is 11.0 Å². The van der Waals surface area contributed by atoms with Crippen molar-refractivity contribution in [2.24, 2.45) is 0 Å². The lowest BCUT2D eigenvalue weighted by atomic mass is 10.1. The maximum absolute atomic E-state index is 10.9. The van der Waals surface area contributed by atoms with Crippen LogP contribution in [0.3, 0.4) is 0 Å². The van der Waals surface area contributed by atoms with Gasteiger partial charge in [-0.1, -0.05) is 11.3 Å². The van der Waals surface area contributed by atoms with Gasteiger partial charge in [0.25, 0.3) is 0 Å². The summed E-state index contributed by atoms with van der Waals surface area (Å²) in [6.45, 7) is 1.53. The smallest absolute Gasteiger partial charge is 0.396 e. The number of phenols is 1. The van der Waals surface area contributed by atoms with E-state index in [1.807, 2.05) is 0 Å². The van der Waals surface area contributed by atoms with Crippen LogP contribution in [0.2, 0.25) is 0 Å². The first-order valence-corrected chi connectivity index (χ1v) is 4.84. The van der Waals surface area contributed by atoms with Gasteiger partial charge >= 0.3 is 4.94 Å². The van der Waals surface area contributed by atoms with E-state index in [-0.39, 0.29) is 5.75 Å². The van der Waals surface area contributed by atoms with E-state index in [4.69, 9.17) is 4.42 Å². The fourth-order valence-corrected chi connectivity index (χ4v) is 1.94. The minimum Gasteiger partial charge on any atom is -0.508 e. The van der Waals surface area contributed by atoms with Crippen molar-refractivity contribution in [1.29, 1.82) is 0 Å². The number of rotatable bonds is 1. The van der Waals surface area contributed by atoms with Crippen LogP contribution >= 0.6 is 11.3 Å². The van der Waals surface area contributed by atoms with E-state index in [1.54, 1.807) is 0 Å². The van der Waals surface area contributed by atoms with Crippen LogP contribution in [-0.4, -0.2) is 10.2 Å². The molecule has 1 aromatic carbocycles. The minimum absolute atomic E-state index is 0.0236. The predicted molar refractivity (Wildman–Crippen MR) is 52.7 cm³/mol. The molecule has 1 unspecified atom stereocenters. The van der Waals surface area contributed by atoms with Crippen LogP contribution in [0.4, 0.5) is 0 Å². The Bertz CT molecular complexity index is 523. The summed E-state index contributed by atoms with van der Waals surface area (Å²) >= 11 is 0.923. The number of aromatic hydroxyl groups is 1. The predicted octanol–water partition coefficient (Wildman–Crippen LogP) is 1.61. The topological polar surface area (TPSA) is 70.7 Å². The van der Waals surface area contributed by atoms with Crippen molar-refractivity contribution in [3.8, 4) is 5.75 Å². The van der Waals surface area contributed by atoms with Gasteiger partial charge in [0.15, 0.2) is 0 Å². The van der Waals surface area contributed by atoms with E-state index in [2.05, 4.69) is 0 Å². The largest absolute Gasteiger partial charge is 0.508 e. The normalized spacial score (nSPS) is 13.3. The van der Waals surface area contributed by atoms with Gasteiger partial charge in [-0.3, -0.25) is 0 Å². The number of aliphatic hydroxyl groups excluding tert-OH is 1. The highest BCUT2D eigenvalue weighted by molar-refractivity contribution is 7.16. The van der Waals surface area contributed by atoms with E-state index in [0.717, 1.165) is 11.3 Å². The summed E-state index contributed by atoms with van der Waals surface area (Å²) in [6, 6.07) is 2.90. The molecule has 1 aromatic heterocycles. The monoisotopic (exact) mass is 212 g/mol. The third-order valence-electron chi connectivity index (χ3n) is 1.93. The third kappa shape index (κ3) is 1.40. The number of fused-ring (bicyclic) bond motifs is 1. The van der Waals surface area contributed by atoms with Crippen LogP contribution in [0.25, 0.3) is 10.3 Å². The zero-order chi connectivity index (χ0) is 10.3. The van der Waals surface area contributed by atoms with Gasteiger partial charge in [0.1, 0.15) is 11.3 Å². The Morgan fingerprint density at radius 2 is 2.21 bits per heavy atom. The van der Waals surface area contributed by atoms with Gasteiger partial charge in [-0.05, 0) is 13.0 Å². The van der Waals surface area contributed by atoms with Gasteiger partial charge < -0.3 is 14.6 Å². The molecule has 14 heavy (non-hydrogen) atoms. The van der Waals surface area contributed by atoms with Gasteiger partial charge in [0, 0.05) is 11.6 Å². The average molecular weight is 212 g/mol. The van der Waals surface area contributed by atoms with Crippen molar-refractivity contribution in [2.75, 3.05) is 0 Å². The summed E-state index contributed by atoms with van der Waals surface area (Å²) in [4.78, 5) is 10.5. The van der Waals surface area contributed by atoms with Crippen molar-refractivity contribution in [1.82, 2.24) is 0 Å². The molecule has 0 amide bonds. The lowest BCUT2D eigenvalue weighted by Crippen LogP contribution is -1.90. The first-order chi connectivity index (χ1) is 6.58. The molecule has 2 N–H and O–H groups in total. The molecule has 74 valence electrons. The van der Waals surface area contributed by atoms with E-state index in [9.17, 15) is 15.0 Å². The summed E-state index contributed by atoms with van der Waals surface area (Å²) < 4.78 is 5.43. The molecule has 0 aliphatic rings. The van der Waals surface area contributed by atoms with Crippen molar-refractivity contribution < 1.29 is 14.6 Å². The molecule has 5 heteroatoms. The second-order valence-corrected chi connectivity index (χ2v) is 3.97. The second-order valence-electron chi connectivity index (χ2n) is 2.99. The number of hydrogen-bond donors (Lipinski definition) is 2. The second kappa shape index (κ2) is 3.11. The quantitative estimate of drug-likeness (QED) is 0.753. The molecule has 4 nitrogen and oxygen atoms in total. The summed E-state index contributed by atoms with van der Waals surface area (Å²) in [7, 11) is 0. The summed E-state index contributed by atoms with van der Waals surface area (Å²) in [5.74, 6) is -0.0236. The van der Waals surface area contributed by atoms with E-state index in [1.165, 1.54) is 19.1 Å². The van der Waals surface area contributed by atoms with Crippen molar-refractivity contribution in [3.63, 3.8) is 0 Å². The number of aliphatic hydroxyl groups is 1. The first-order valence-electron chi connectivity index (χ1n) is 4.02. The number of phenolic OH excluding ortho intramolecular Hbond substituents is 1. The molecule has 0 aliphatic carbocycles. The maximum atomic E-state index is 10.9. The lowest BCUT2D eigenvalue weighted by molar-refractivity contribution is 0.195. The zero-order valence-electron chi connectivity index (χ0n) is 7.35. The Balaban J connectivity index is 2.76. The van der Waals surface area contributed by atoms with Gasteiger partial charge in [-0.25, -0.2) is 4.79 Å². The molecule has 0 aliphatic heterocycles. The molecule has 0 bridgehead atoms. The standard InChI is InChI=1S/C9H8O4S/c1-4(10)5-2-7-8(3-6(5)11)14-9(12)13-7/h2-4,10-11H,1H3. The summed E-state index contributed by atoms with van der Waals surface area (Å²) in [6.07, 6.45) is -0.787. The van der Waals surface area contributed by atoms with Crippen LogP contribution in [0.1, 0.15) is 18.6 Å². The number of benzene rings is 1. The van der Waals surface area contributed by atoms with Gasteiger partial charge in [-0.2, -0.15) is 0 Å². The van der Waals surface area contributed by atoms with Crippen LogP contribution in [-0.2, 0) is 0 Å².